The third kappa shape index (κ3) is 1.83. The summed E-state index contributed by atoms with van der Waals surface area (Å²) in [4.78, 5) is 16.4. The summed E-state index contributed by atoms with van der Waals surface area (Å²) in [7, 11) is 1.75. The molecule has 0 radical (unpaired) electrons. The SMILES string of the molecule is Cc1cccc(-c2nc(=O)n(C)c3ccccc23)c1C. The first-order chi connectivity index (χ1) is 9.59. The van der Waals surface area contributed by atoms with Gasteiger partial charge in [0.1, 0.15) is 0 Å². The lowest BCUT2D eigenvalue weighted by Crippen LogP contribution is -2.21. The van der Waals surface area contributed by atoms with Crippen molar-refractivity contribution in [1.82, 2.24) is 9.55 Å². The Balaban J connectivity index is 2.46. The molecule has 0 aliphatic heterocycles. The molecule has 0 unspecified atom stereocenters. The molecule has 0 spiro atoms. The van der Waals surface area contributed by atoms with Crippen LogP contribution in [0, 0.1) is 13.8 Å². The Bertz CT molecular complexity index is 862. The topological polar surface area (TPSA) is 34.9 Å². The van der Waals surface area contributed by atoms with Gasteiger partial charge in [0.15, 0.2) is 0 Å². The summed E-state index contributed by atoms with van der Waals surface area (Å²) >= 11 is 0. The molecule has 0 N–H and O–H groups in total. The molecule has 2 aromatic carbocycles. The molecule has 0 aliphatic carbocycles. The smallest absolute Gasteiger partial charge is 0.295 e. The highest BCUT2D eigenvalue weighted by molar-refractivity contribution is 5.93. The number of fused-ring (bicyclic) bond motifs is 1. The van der Waals surface area contributed by atoms with E-state index in [-0.39, 0.29) is 5.69 Å². The van der Waals surface area contributed by atoms with Gasteiger partial charge in [-0.1, -0.05) is 36.4 Å². The summed E-state index contributed by atoms with van der Waals surface area (Å²) in [6, 6.07) is 14.0. The van der Waals surface area contributed by atoms with E-state index in [2.05, 4.69) is 24.9 Å². The standard InChI is InChI=1S/C17H16N2O/c1-11-7-6-9-13(12(11)2)16-14-8-4-5-10-15(14)19(3)17(20)18-16/h4-10H,1-3H3. The quantitative estimate of drug-likeness (QED) is 0.676. The second kappa shape index (κ2) is 4.60. The fourth-order valence-corrected chi connectivity index (χ4v) is 2.51. The maximum Gasteiger partial charge on any atom is 0.348 e. The Labute approximate surface area is 117 Å². The Morgan fingerprint density at radius 3 is 2.55 bits per heavy atom. The number of nitrogens with zero attached hydrogens (tertiary/aromatic N) is 2. The van der Waals surface area contributed by atoms with Crippen LogP contribution < -0.4 is 5.69 Å². The first-order valence-corrected chi connectivity index (χ1v) is 6.62. The lowest BCUT2D eigenvalue weighted by molar-refractivity contribution is 0.855. The molecule has 0 fully saturated rings. The zero-order valence-electron chi connectivity index (χ0n) is 11.8. The van der Waals surface area contributed by atoms with Gasteiger partial charge < -0.3 is 0 Å². The first kappa shape index (κ1) is 12.6. The van der Waals surface area contributed by atoms with Crippen LogP contribution in [-0.4, -0.2) is 9.55 Å². The first-order valence-electron chi connectivity index (χ1n) is 6.62. The second-order valence-electron chi connectivity index (χ2n) is 5.07. The van der Waals surface area contributed by atoms with Crippen molar-refractivity contribution in [3.05, 3.63) is 64.1 Å². The number of aryl methyl sites for hydroxylation is 2. The fourth-order valence-electron chi connectivity index (χ4n) is 2.51. The third-order valence-corrected chi connectivity index (χ3v) is 3.87. The highest BCUT2D eigenvalue weighted by Crippen LogP contribution is 2.28. The van der Waals surface area contributed by atoms with Crippen LogP contribution in [0.1, 0.15) is 11.1 Å². The number of benzene rings is 2. The van der Waals surface area contributed by atoms with Gasteiger partial charge >= 0.3 is 5.69 Å². The van der Waals surface area contributed by atoms with Crippen molar-refractivity contribution in [2.75, 3.05) is 0 Å². The van der Waals surface area contributed by atoms with Crippen molar-refractivity contribution < 1.29 is 0 Å². The van der Waals surface area contributed by atoms with Crippen molar-refractivity contribution in [2.24, 2.45) is 7.05 Å². The molecule has 3 rings (SSSR count). The van der Waals surface area contributed by atoms with Gasteiger partial charge in [-0.3, -0.25) is 4.57 Å². The Morgan fingerprint density at radius 1 is 1.00 bits per heavy atom. The van der Waals surface area contributed by atoms with E-state index in [1.54, 1.807) is 11.6 Å². The summed E-state index contributed by atoms with van der Waals surface area (Å²) in [5.41, 5.74) is 4.85. The van der Waals surface area contributed by atoms with Crippen molar-refractivity contribution in [3.63, 3.8) is 0 Å². The molecule has 0 saturated carbocycles. The lowest BCUT2D eigenvalue weighted by Gasteiger charge is -2.12. The van der Waals surface area contributed by atoms with Crippen molar-refractivity contribution >= 4 is 10.9 Å². The maximum atomic E-state index is 12.1. The van der Waals surface area contributed by atoms with Crippen LogP contribution in [0.2, 0.25) is 0 Å². The van der Waals surface area contributed by atoms with E-state index in [0.29, 0.717) is 0 Å². The molecule has 0 atom stereocenters. The van der Waals surface area contributed by atoms with Gasteiger partial charge in [0.2, 0.25) is 0 Å². The predicted molar refractivity (Wildman–Crippen MR) is 81.9 cm³/mol. The molecular weight excluding hydrogens is 248 g/mol. The predicted octanol–water partition coefficient (Wildman–Crippen LogP) is 3.22. The average Bonchev–Trinajstić information content (AvgIpc) is 2.46. The largest absolute Gasteiger partial charge is 0.348 e. The number of rotatable bonds is 1. The van der Waals surface area contributed by atoms with E-state index in [0.717, 1.165) is 22.2 Å². The highest BCUT2D eigenvalue weighted by Gasteiger charge is 2.12. The molecule has 0 aliphatic rings. The zero-order valence-corrected chi connectivity index (χ0v) is 11.8. The van der Waals surface area contributed by atoms with Crippen LogP contribution in [-0.2, 0) is 7.05 Å². The molecule has 1 heterocycles. The third-order valence-electron chi connectivity index (χ3n) is 3.87. The van der Waals surface area contributed by atoms with Gasteiger partial charge in [0, 0.05) is 18.0 Å². The second-order valence-corrected chi connectivity index (χ2v) is 5.07. The fraction of sp³-hybridized carbons (Fsp3) is 0.176. The Morgan fingerprint density at radius 2 is 1.75 bits per heavy atom. The number of hydrogen-bond donors (Lipinski definition) is 0. The molecule has 0 saturated heterocycles. The van der Waals surface area contributed by atoms with Crippen LogP contribution in [0.4, 0.5) is 0 Å². The monoisotopic (exact) mass is 264 g/mol. The lowest BCUT2D eigenvalue weighted by atomic mass is 9.98. The van der Waals surface area contributed by atoms with Crippen molar-refractivity contribution in [3.8, 4) is 11.3 Å². The van der Waals surface area contributed by atoms with Gasteiger partial charge in [-0.05, 0) is 31.0 Å². The van der Waals surface area contributed by atoms with Gasteiger partial charge in [0.05, 0.1) is 11.2 Å². The molecule has 0 bridgehead atoms. The zero-order chi connectivity index (χ0) is 14.3. The molecule has 3 heteroatoms. The normalized spacial score (nSPS) is 10.9. The summed E-state index contributed by atoms with van der Waals surface area (Å²) in [5, 5.41) is 1.00. The van der Waals surface area contributed by atoms with Gasteiger partial charge in [-0.25, -0.2) is 4.79 Å². The molecule has 100 valence electrons. The highest BCUT2D eigenvalue weighted by atomic mass is 16.1. The van der Waals surface area contributed by atoms with Crippen molar-refractivity contribution in [1.29, 1.82) is 0 Å². The minimum Gasteiger partial charge on any atom is -0.295 e. The minimum absolute atomic E-state index is 0.223. The maximum absolute atomic E-state index is 12.1. The number of hydrogen-bond acceptors (Lipinski definition) is 2. The molecule has 0 amide bonds. The molecule has 20 heavy (non-hydrogen) atoms. The molecule has 3 nitrogen and oxygen atoms in total. The molecule has 3 aromatic rings. The number of para-hydroxylation sites is 1. The number of aromatic nitrogens is 2. The van der Waals surface area contributed by atoms with Crippen LogP contribution in [0.15, 0.2) is 47.3 Å². The molecule has 1 aromatic heterocycles. The van der Waals surface area contributed by atoms with Crippen LogP contribution in [0.5, 0.6) is 0 Å². The van der Waals surface area contributed by atoms with Crippen LogP contribution in [0.25, 0.3) is 22.2 Å². The summed E-state index contributed by atoms with van der Waals surface area (Å²) in [5.74, 6) is 0. The Hall–Kier alpha value is -2.42. The van der Waals surface area contributed by atoms with E-state index in [9.17, 15) is 4.79 Å². The van der Waals surface area contributed by atoms with E-state index in [1.165, 1.54) is 11.1 Å². The molecular formula is C17H16N2O. The van der Waals surface area contributed by atoms with Crippen molar-refractivity contribution in [2.45, 2.75) is 13.8 Å². The van der Waals surface area contributed by atoms with Crippen LogP contribution in [0.3, 0.4) is 0 Å². The van der Waals surface area contributed by atoms with Gasteiger partial charge in [-0.2, -0.15) is 4.98 Å². The van der Waals surface area contributed by atoms with E-state index in [4.69, 9.17) is 0 Å². The summed E-state index contributed by atoms with van der Waals surface area (Å²) in [6.07, 6.45) is 0. The summed E-state index contributed by atoms with van der Waals surface area (Å²) < 4.78 is 1.59. The Kier molecular flexibility index (Phi) is 2.90. The van der Waals surface area contributed by atoms with Gasteiger partial charge in [0.25, 0.3) is 0 Å². The average molecular weight is 264 g/mol. The van der Waals surface area contributed by atoms with Crippen LogP contribution >= 0.6 is 0 Å². The van der Waals surface area contributed by atoms with E-state index < -0.39 is 0 Å². The summed E-state index contributed by atoms with van der Waals surface area (Å²) in [6.45, 7) is 4.14. The van der Waals surface area contributed by atoms with Gasteiger partial charge in [-0.15, -0.1) is 0 Å². The van der Waals surface area contributed by atoms with E-state index >= 15 is 0 Å². The van der Waals surface area contributed by atoms with E-state index in [1.807, 2.05) is 36.4 Å². The minimum atomic E-state index is -0.223.